The number of anilines is 3. The normalized spacial score (nSPS) is 17.0. The molecule has 3 aromatic rings. The highest BCUT2D eigenvalue weighted by atomic mass is 16.3. The molecular weight excluding hydrogens is 380 g/mol. The van der Waals surface area contributed by atoms with Crippen molar-refractivity contribution in [1.29, 1.82) is 5.26 Å². The number of hydrogen-bond donors (Lipinski definition) is 3. The minimum Gasteiger partial charge on any atom is -0.390 e. The van der Waals surface area contributed by atoms with Crippen LogP contribution in [-0.2, 0) is 6.54 Å². The Kier molecular flexibility index (Phi) is 4.53. The van der Waals surface area contributed by atoms with Gasteiger partial charge in [-0.1, -0.05) is 0 Å². The Hall–Kier alpha value is -3.22. The molecule has 1 saturated carbocycles. The third-order valence-corrected chi connectivity index (χ3v) is 5.67. The number of aromatic nitrogens is 4. The highest BCUT2D eigenvalue weighted by Gasteiger charge is 2.26. The lowest BCUT2D eigenvalue weighted by atomic mass is 10.0. The fraction of sp³-hybridized carbons (Fsp3) is 0.429. The summed E-state index contributed by atoms with van der Waals surface area (Å²) in [6, 6.07) is 6.42. The van der Waals surface area contributed by atoms with E-state index >= 15 is 0 Å². The molecule has 0 atom stereocenters. The van der Waals surface area contributed by atoms with E-state index in [-0.39, 0.29) is 6.10 Å². The number of β-amino-alcohol motifs (C(OH)–C–C–N with tert-alkyl or cyclic N) is 1. The molecular formula is C21H24N8O. The van der Waals surface area contributed by atoms with Crippen LogP contribution < -0.4 is 10.6 Å². The molecule has 154 valence electrons. The molecule has 9 heteroatoms. The van der Waals surface area contributed by atoms with Crippen LogP contribution >= 0.6 is 0 Å². The molecule has 3 N–H and O–H groups in total. The quantitative estimate of drug-likeness (QED) is 0.572. The molecule has 0 unspecified atom stereocenters. The highest BCUT2D eigenvalue weighted by Crippen LogP contribution is 2.29. The zero-order valence-electron chi connectivity index (χ0n) is 17.1. The van der Waals surface area contributed by atoms with Gasteiger partial charge < -0.3 is 15.7 Å². The molecule has 3 heterocycles. The zero-order chi connectivity index (χ0) is 20.8. The molecule has 0 radical (unpaired) electrons. The van der Waals surface area contributed by atoms with Gasteiger partial charge in [-0.15, -0.1) is 5.10 Å². The van der Waals surface area contributed by atoms with Crippen molar-refractivity contribution in [2.45, 2.75) is 45.4 Å². The average molecular weight is 404 g/mol. The number of benzene rings is 1. The van der Waals surface area contributed by atoms with Crippen molar-refractivity contribution in [1.82, 2.24) is 24.5 Å². The summed E-state index contributed by atoms with van der Waals surface area (Å²) in [4.78, 5) is 11.3. The summed E-state index contributed by atoms with van der Waals surface area (Å²) >= 11 is 0. The van der Waals surface area contributed by atoms with E-state index in [1.165, 1.54) is 0 Å². The third-order valence-electron chi connectivity index (χ3n) is 5.67. The number of fused-ring (bicyclic) bond motifs is 1. The molecule has 5 rings (SSSR count). The average Bonchev–Trinajstić information content (AvgIpc) is 3.44. The fourth-order valence-electron chi connectivity index (χ4n) is 3.73. The fourth-order valence-corrected chi connectivity index (χ4v) is 3.73. The first-order valence-electron chi connectivity index (χ1n) is 10.2. The molecule has 1 aromatic carbocycles. The van der Waals surface area contributed by atoms with E-state index in [1.54, 1.807) is 10.7 Å². The summed E-state index contributed by atoms with van der Waals surface area (Å²) in [6.07, 6.45) is 3.80. The van der Waals surface area contributed by atoms with Crippen LogP contribution in [-0.4, -0.2) is 54.8 Å². The summed E-state index contributed by atoms with van der Waals surface area (Å²) in [5.74, 6) is 1.17. The lowest BCUT2D eigenvalue weighted by Gasteiger charge is -2.36. The van der Waals surface area contributed by atoms with Gasteiger partial charge in [-0.05, 0) is 49.9 Å². The zero-order valence-corrected chi connectivity index (χ0v) is 17.1. The molecule has 2 aliphatic rings. The predicted molar refractivity (Wildman–Crippen MR) is 113 cm³/mol. The van der Waals surface area contributed by atoms with Crippen LogP contribution in [0.5, 0.6) is 0 Å². The van der Waals surface area contributed by atoms with E-state index in [4.69, 9.17) is 0 Å². The first-order chi connectivity index (χ1) is 14.5. The van der Waals surface area contributed by atoms with Crippen molar-refractivity contribution in [2.24, 2.45) is 0 Å². The van der Waals surface area contributed by atoms with Gasteiger partial charge in [-0.25, -0.2) is 9.50 Å². The number of nitrogens with one attached hydrogen (secondary N) is 2. The number of nitriles is 1. The van der Waals surface area contributed by atoms with Crippen LogP contribution in [0.4, 0.5) is 17.5 Å². The first kappa shape index (κ1) is 18.8. The van der Waals surface area contributed by atoms with Crippen LogP contribution in [0.1, 0.15) is 35.2 Å². The van der Waals surface area contributed by atoms with Crippen molar-refractivity contribution in [3.63, 3.8) is 0 Å². The van der Waals surface area contributed by atoms with E-state index in [2.05, 4.69) is 36.7 Å². The van der Waals surface area contributed by atoms with Crippen LogP contribution in [0.2, 0.25) is 0 Å². The second kappa shape index (κ2) is 7.23. The maximum atomic E-state index is 9.56. The topological polar surface area (TPSA) is 114 Å². The van der Waals surface area contributed by atoms with Crippen LogP contribution in [0, 0.1) is 25.2 Å². The number of imidazole rings is 1. The summed E-state index contributed by atoms with van der Waals surface area (Å²) in [6.45, 7) is 6.00. The lowest BCUT2D eigenvalue weighted by molar-refractivity contribution is -0.00295. The molecule has 2 aromatic heterocycles. The smallest absolute Gasteiger partial charge is 0.247 e. The van der Waals surface area contributed by atoms with Crippen LogP contribution in [0.15, 0.2) is 18.3 Å². The van der Waals surface area contributed by atoms with Gasteiger partial charge >= 0.3 is 0 Å². The van der Waals surface area contributed by atoms with E-state index in [0.29, 0.717) is 48.7 Å². The van der Waals surface area contributed by atoms with Gasteiger partial charge in [0.05, 0.1) is 29.6 Å². The van der Waals surface area contributed by atoms with Crippen molar-refractivity contribution < 1.29 is 5.11 Å². The van der Waals surface area contributed by atoms with Crippen LogP contribution in [0.3, 0.4) is 0 Å². The van der Waals surface area contributed by atoms with Gasteiger partial charge in [0.15, 0.2) is 11.5 Å². The first-order valence-corrected chi connectivity index (χ1v) is 10.2. The van der Waals surface area contributed by atoms with Crippen molar-refractivity contribution in [3.05, 3.63) is 40.7 Å². The summed E-state index contributed by atoms with van der Waals surface area (Å²) < 4.78 is 1.78. The monoisotopic (exact) mass is 404 g/mol. The van der Waals surface area contributed by atoms with Gasteiger partial charge in [-0.2, -0.15) is 10.2 Å². The van der Waals surface area contributed by atoms with E-state index < -0.39 is 0 Å². The molecule has 1 aliphatic carbocycles. The maximum Gasteiger partial charge on any atom is 0.247 e. The molecule has 1 saturated heterocycles. The number of likely N-dealkylation sites (tertiary alicyclic amines) is 1. The predicted octanol–water partition coefficient (Wildman–Crippen LogP) is 2.11. The number of aryl methyl sites for hydroxylation is 1. The second-order valence-electron chi connectivity index (χ2n) is 8.23. The van der Waals surface area contributed by atoms with Gasteiger partial charge in [-0.3, -0.25) is 4.90 Å². The Morgan fingerprint density at radius 3 is 2.77 bits per heavy atom. The Morgan fingerprint density at radius 1 is 1.27 bits per heavy atom. The van der Waals surface area contributed by atoms with Gasteiger partial charge in [0, 0.05) is 31.4 Å². The van der Waals surface area contributed by atoms with Gasteiger partial charge in [0.1, 0.15) is 0 Å². The molecule has 0 bridgehead atoms. The van der Waals surface area contributed by atoms with Gasteiger partial charge in [0.2, 0.25) is 5.95 Å². The number of hydrogen-bond acceptors (Lipinski definition) is 8. The number of rotatable bonds is 6. The molecule has 9 nitrogen and oxygen atoms in total. The molecule has 30 heavy (non-hydrogen) atoms. The van der Waals surface area contributed by atoms with E-state index in [9.17, 15) is 10.4 Å². The van der Waals surface area contributed by atoms with Crippen molar-refractivity contribution >= 4 is 23.1 Å². The minimum atomic E-state index is -0.252. The third kappa shape index (κ3) is 3.56. The largest absolute Gasteiger partial charge is 0.390 e. The molecule has 2 fully saturated rings. The van der Waals surface area contributed by atoms with Crippen molar-refractivity contribution in [2.75, 3.05) is 23.7 Å². The van der Waals surface area contributed by atoms with E-state index in [0.717, 1.165) is 35.3 Å². The number of aliphatic hydroxyl groups is 1. The Bertz CT molecular complexity index is 1150. The highest BCUT2D eigenvalue weighted by molar-refractivity contribution is 5.68. The number of aliphatic hydroxyl groups excluding tert-OH is 1. The Balaban J connectivity index is 1.49. The molecule has 0 spiro atoms. The number of nitrogens with zero attached hydrogens (tertiary/aromatic N) is 6. The summed E-state index contributed by atoms with van der Waals surface area (Å²) in [5, 5.41) is 30.4. The van der Waals surface area contributed by atoms with E-state index in [1.807, 2.05) is 26.0 Å². The Morgan fingerprint density at radius 2 is 2.07 bits per heavy atom. The summed E-state index contributed by atoms with van der Waals surface area (Å²) in [7, 11) is 0. The minimum absolute atomic E-state index is 0.252. The SMILES string of the molecule is Cc1c(CN2CC(O)C2)cc(C#N)cc1Nc1nc(NC2CC2)c2ncc(C)n2n1. The van der Waals surface area contributed by atoms with Crippen LogP contribution in [0.25, 0.3) is 5.65 Å². The molecule has 1 aliphatic heterocycles. The van der Waals surface area contributed by atoms with Gasteiger partial charge in [0.25, 0.3) is 0 Å². The molecule has 0 amide bonds. The summed E-state index contributed by atoms with van der Waals surface area (Å²) in [5.41, 5.74) is 5.12. The lowest BCUT2D eigenvalue weighted by Crippen LogP contribution is -2.49. The van der Waals surface area contributed by atoms with Crippen molar-refractivity contribution in [3.8, 4) is 6.07 Å². The Labute approximate surface area is 174 Å². The maximum absolute atomic E-state index is 9.56. The second-order valence-corrected chi connectivity index (χ2v) is 8.23. The standard InChI is InChI=1S/C21H24N8O/c1-12-8-23-20-19(24-16-3-4-16)26-21(27-29(12)20)25-18-6-14(7-22)5-15(13(18)2)9-28-10-17(30)11-28/h5-6,8,16-17,30H,3-4,9-11H2,1-2H3,(H2,24,25,26,27).